The fourth-order valence-corrected chi connectivity index (χ4v) is 4.25. The second kappa shape index (κ2) is 10.9. The minimum atomic E-state index is -4.62. The van der Waals surface area contributed by atoms with Crippen molar-refractivity contribution in [2.45, 2.75) is 17.6 Å². The average Bonchev–Trinajstić information content (AvgIpc) is 2.81. The lowest BCUT2D eigenvalue weighted by Crippen LogP contribution is -2.28. The molecule has 0 aliphatic carbocycles. The number of methoxy groups -OCH3 is 1. The van der Waals surface area contributed by atoms with Crippen molar-refractivity contribution in [3.8, 4) is 11.5 Å². The maximum absolute atomic E-state index is 12.9. The predicted octanol–water partition coefficient (Wildman–Crippen LogP) is 4.86. The first kappa shape index (κ1) is 26.2. The van der Waals surface area contributed by atoms with E-state index in [0.29, 0.717) is 11.8 Å². The number of sulfonamides is 1. The molecule has 0 aliphatic heterocycles. The summed E-state index contributed by atoms with van der Waals surface area (Å²) in [6.45, 7) is -0.108. The Morgan fingerprint density at radius 2 is 1.74 bits per heavy atom. The maximum Gasteiger partial charge on any atom is 0.416 e. The summed E-state index contributed by atoms with van der Waals surface area (Å²) < 4.78 is 76.3. The molecule has 0 saturated carbocycles. The van der Waals surface area contributed by atoms with Gasteiger partial charge in [0, 0.05) is 12.2 Å². The second-order valence-electron chi connectivity index (χ2n) is 7.19. The number of anilines is 1. The summed E-state index contributed by atoms with van der Waals surface area (Å²) in [5.41, 5.74) is -0.408. The van der Waals surface area contributed by atoms with Gasteiger partial charge in [-0.3, -0.25) is 9.52 Å². The van der Waals surface area contributed by atoms with Gasteiger partial charge >= 0.3 is 6.18 Å². The molecule has 0 bridgehead atoms. The van der Waals surface area contributed by atoms with Crippen molar-refractivity contribution < 1.29 is 35.9 Å². The van der Waals surface area contributed by atoms with E-state index in [1.807, 2.05) is 0 Å². The molecule has 0 radical (unpaired) electrons. The largest absolute Gasteiger partial charge is 0.497 e. The van der Waals surface area contributed by atoms with Gasteiger partial charge < -0.3 is 14.8 Å². The lowest BCUT2D eigenvalue weighted by atomic mass is 10.2. The molecule has 0 aromatic heterocycles. The van der Waals surface area contributed by atoms with Gasteiger partial charge in [0.25, 0.3) is 15.9 Å². The number of benzene rings is 3. The highest BCUT2D eigenvalue weighted by atomic mass is 35.5. The Bertz CT molecular complexity index is 1300. The van der Waals surface area contributed by atoms with Crippen LogP contribution in [0.15, 0.2) is 71.6 Å². The van der Waals surface area contributed by atoms with Crippen molar-refractivity contribution >= 4 is 33.2 Å². The number of hydrogen-bond donors (Lipinski definition) is 2. The molecule has 0 aliphatic rings. The minimum Gasteiger partial charge on any atom is -0.497 e. The van der Waals surface area contributed by atoms with Crippen LogP contribution >= 0.6 is 11.6 Å². The molecule has 186 valence electrons. The molecule has 35 heavy (non-hydrogen) atoms. The fraction of sp³-hybridized carbons (Fsp3) is 0.174. The van der Waals surface area contributed by atoms with Gasteiger partial charge in [0.1, 0.15) is 11.5 Å². The summed E-state index contributed by atoms with van der Waals surface area (Å²) in [6.07, 6.45) is -4.62. The molecular weight excluding hydrogens is 509 g/mol. The number of carbonyl (C=O) groups is 1. The Hall–Kier alpha value is -3.44. The number of nitrogens with one attached hydrogen (secondary N) is 2. The highest BCUT2D eigenvalue weighted by Crippen LogP contribution is 2.32. The second-order valence-corrected chi connectivity index (χ2v) is 9.28. The molecule has 12 heteroatoms. The molecule has 0 atom stereocenters. The Morgan fingerprint density at radius 1 is 1.03 bits per heavy atom. The van der Waals surface area contributed by atoms with Crippen LogP contribution in [0.4, 0.5) is 18.9 Å². The minimum absolute atomic E-state index is 0.0595. The third kappa shape index (κ3) is 7.27. The van der Waals surface area contributed by atoms with Crippen molar-refractivity contribution in [1.82, 2.24) is 5.32 Å². The van der Waals surface area contributed by atoms with Crippen LogP contribution in [0.2, 0.25) is 5.02 Å². The number of alkyl halides is 3. The molecule has 0 fully saturated rings. The molecule has 3 aromatic carbocycles. The van der Waals surface area contributed by atoms with Gasteiger partial charge in [0.15, 0.2) is 6.61 Å². The molecule has 2 N–H and O–H groups in total. The number of amides is 1. The van der Waals surface area contributed by atoms with Crippen LogP contribution in [0.3, 0.4) is 0 Å². The zero-order chi connectivity index (χ0) is 25.6. The van der Waals surface area contributed by atoms with Gasteiger partial charge in [-0.25, -0.2) is 8.42 Å². The smallest absolute Gasteiger partial charge is 0.416 e. The molecule has 3 rings (SSSR count). The van der Waals surface area contributed by atoms with Crippen molar-refractivity contribution in [2.24, 2.45) is 0 Å². The quantitative estimate of drug-likeness (QED) is 0.413. The van der Waals surface area contributed by atoms with Crippen LogP contribution in [0.1, 0.15) is 11.1 Å². The van der Waals surface area contributed by atoms with Crippen LogP contribution in [0, 0.1) is 0 Å². The van der Waals surface area contributed by atoms with E-state index >= 15 is 0 Å². The van der Waals surface area contributed by atoms with Crippen LogP contribution in [0.25, 0.3) is 0 Å². The van der Waals surface area contributed by atoms with Gasteiger partial charge in [0.05, 0.1) is 22.6 Å². The molecular formula is C23H20ClF3N2O5S. The molecule has 0 saturated heterocycles. The number of halogens is 4. The Labute approximate surface area is 204 Å². The Kier molecular flexibility index (Phi) is 8.13. The number of hydrogen-bond acceptors (Lipinski definition) is 5. The molecule has 7 nitrogen and oxygen atoms in total. The van der Waals surface area contributed by atoms with Gasteiger partial charge in [-0.2, -0.15) is 13.2 Å². The van der Waals surface area contributed by atoms with Gasteiger partial charge in [0.2, 0.25) is 0 Å². The van der Waals surface area contributed by atoms with Gasteiger partial charge in [-0.05, 0) is 54.1 Å². The summed E-state index contributed by atoms with van der Waals surface area (Å²) in [4.78, 5) is 11.8. The third-order valence-electron chi connectivity index (χ3n) is 4.66. The summed E-state index contributed by atoms with van der Waals surface area (Å²) in [5, 5.41) is 2.57. The first-order valence-electron chi connectivity index (χ1n) is 10.00. The lowest BCUT2D eigenvalue weighted by Gasteiger charge is -2.13. The summed E-state index contributed by atoms with van der Waals surface area (Å²) in [7, 11) is -2.69. The van der Waals surface area contributed by atoms with E-state index in [1.165, 1.54) is 12.1 Å². The molecule has 0 unspecified atom stereocenters. The lowest BCUT2D eigenvalue weighted by molar-refractivity contribution is -0.137. The number of rotatable bonds is 9. The topological polar surface area (TPSA) is 93.7 Å². The summed E-state index contributed by atoms with van der Waals surface area (Å²) >= 11 is 6.10. The molecule has 3 aromatic rings. The van der Waals surface area contributed by atoms with E-state index in [-0.39, 0.29) is 34.5 Å². The van der Waals surface area contributed by atoms with E-state index in [9.17, 15) is 26.4 Å². The number of carbonyl (C=O) groups excluding carboxylic acids is 1. The highest BCUT2D eigenvalue weighted by molar-refractivity contribution is 7.92. The third-order valence-corrected chi connectivity index (χ3v) is 6.34. The summed E-state index contributed by atoms with van der Waals surface area (Å²) in [5.74, 6) is 0.317. The molecule has 0 heterocycles. The van der Waals surface area contributed by atoms with E-state index in [1.54, 1.807) is 31.4 Å². The predicted molar refractivity (Wildman–Crippen MR) is 124 cm³/mol. The zero-order valence-electron chi connectivity index (χ0n) is 18.2. The van der Waals surface area contributed by atoms with Crippen molar-refractivity contribution in [1.29, 1.82) is 0 Å². The van der Waals surface area contributed by atoms with E-state index in [2.05, 4.69) is 10.0 Å². The molecule has 1 amide bonds. The molecule has 0 spiro atoms. The van der Waals surface area contributed by atoms with E-state index in [4.69, 9.17) is 21.1 Å². The Morgan fingerprint density at radius 3 is 2.37 bits per heavy atom. The van der Waals surface area contributed by atoms with Gasteiger partial charge in [-0.15, -0.1) is 0 Å². The van der Waals surface area contributed by atoms with Crippen LogP contribution < -0.4 is 19.5 Å². The first-order valence-corrected chi connectivity index (χ1v) is 11.9. The standard InChI is InChI=1S/C23H20ClF3N2O5S/c1-33-18-7-5-15(6-8-18)13-28-22(30)14-34-21-10-9-19(12-20(21)24)35(31,32)29-17-4-2-3-16(11-17)23(25,26)27/h2-12,29H,13-14H2,1H3,(H,28,30). The normalized spacial score (nSPS) is 11.6. The van der Waals surface area contributed by atoms with Crippen molar-refractivity contribution in [3.63, 3.8) is 0 Å². The highest BCUT2D eigenvalue weighted by Gasteiger charge is 2.30. The van der Waals surface area contributed by atoms with Crippen molar-refractivity contribution in [2.75, 3.05) is 18.4 Å². The average molecular weight is 529 g/mol. The van der Waals surface area contributed by atoms with Crippen molar-refractivity contribution in [3.05, 3.63) is 82.9 Å². The van der Waals surface area contributed by atoms with Crippen LogP contribution in [0.5, 0.6) is 11.5 Å². The fourth-order valence-electron chi connectivity index (χ4n) is 2.88. The summed E-state index contributed by atoms with van der Waals surface area (Å²) in [6, 6.07) is 14.4. The Balaban J connectivity index is 1.59. The zero-order valence-corrected chi connectivity index (χ0v) is 19.8. The maximum atomic E-state index is 12.9. The van der Waals surface area contributed by atoms with Gasteiger partial charge in [-0.1, -0.05) is 29.8 Å². The first-order chi connectivity index (χ1) is 16.5. The number of ether oxygens (including phenoxy) is 2. The van der Waals surface area contributed by atoms with Crippen LogP contribution in [-0.4, -0.2) is 28.0 Å². The SMILES string of the molecule is COc1ccc(CNC(=O)COc2ccc(S(=O)(=O)Nc3cccc(C(F)(F)F)c3)cc2Cl)cc1. The monoisotopic (exact) mass is 528 g/mol. The van der Waals surface area contributed by atoms with Crippen LogP contribution in [-0.2, 0) is 27.5 Å². The van der Waals surface area contributed by atoms with E-state index in [0.717, 1.165) is 29.8 Å². The van der Waals surface area contributed by atoms with E-state index < -0.39 is 27.7 Å².